The Balaban J connectivity index is 1.65. The fourth-order valence-electron chi connectivity index (χ4n) is 2.94. The molecular weight excluding hydrogens is 346 g/mol. The highest BCUT2D eigenvalue weighted by Crippen LogP contribution is 2.31. The summed E-state index contributed by atoms with van der Waals surface area (Å²) in [6.07, 6.45) is -2.43. The first-order valence-corrected chi connectivity index (χ1v) is 8.99. The van der Waals surface area contributed by atoms with Crippen LogP contribution in [-0.4, -0.2) is 34.6 Å². The Morgan fingerprint density at radius 1 is 1.11 bits per heavy atom. The van der Waals surface area contributed by atoms with Crippen LogP contribution in [0, 0.1) is 0 Å². The summed E-state index contributed by atoms with van der Waals surface area (Å²) in [5.74, 6) is 0. The molecule has 0 aliphatic rings. The van der Waals surface area contributed by atoms with E-state index in [2.05, 4.69) is 5.32 Å². The van der Waals surface area contributed by atoms with E-state index in [0.717, 1.165) is 21.9 Å². The molecular formula is C21H25NO5. The molecule has 1 aromatic heterocycles. The Labute approximate surface area is 157 Å². The molecule has 1 heterocycles. The summed E-state index contributed by atoms with van der Waals surface area (Å²) in [5, 5.41) is 25.2. The van der Waals surface area contributed by atoms with Gasteiger partial charge in [-0.1, -0.05) is 24.3 Å². The van der Waals surface area contributed by atoms with E-state index in [4.69, 9.17) is 9.15 Å². The lowest BCUT2D eigenvalue weighted by Gasteiger charge is -2.21. The molecule has 3 N–H and O–H groups in total. The van der Waals surface area contributed by atoms with E-state index in [-0.39, 0.29) is 13.0 Å². The number of furan rings is 1. The Morgan fingerprint density at radius 3 is 2.56 bits per heavy atom. The summed E-state index contributed by atoms with van der Waals surface area (Å²) in [4.78, 5) is 11.6. The van der Waals surface area contributed by atoms with E-state index in [1.165, 1.54) is 0 Å². The number of carbonyl (C=O) groups is 1. The third kappa shape index (κ3) is 4.59. The fraction of sp³-hybridized carbons (Fsp3) is 0.381. The van der Waals surface area contributed by atoms with E-state index >= 15 is 0 Å². The summed E-state index contributed by atoms with van der Waals surface area (Å²) in [5.41, 5.74) is 1.53. The number of alkyl carbamates (subject to hydrolysis) is 1. The number of benzene rings is 2. The van der Waals surface area contributed by atoms with Gasteiger partial charge in [0.2, 0.25) is 0 Å². The van der Waals surface area contributed by atoms with Crippen LogP contribution < -0.4 is 5.32 Å². The quantitative estimate of drug-likeness (QED) is 0.633. The Kier molecular flexibility index (Phi) is 5.39. The first-order valence-electron chi connectivity index (χ1n) is 8.99. The number of nitrogens with one attached hydrogen (secondary N) is 1. The molecule has 2 aromatic carbocycles. The van der Waals surface area contributed by atoms with Gasteiger partial charge in [-0.3, -0.25) is 0 Å². The van der Waals surface area contributed by atoms with Crippen molar-refractivity contribution in [2.24, 2.45) is 0 Å². The number of aliphatic hydroxyl groups excluding tert-OH is 2. The molecule has 3 rings (SSSR count). The molecule has 1 amide bonds. The van der Waals surface area contributed by atoms with E-state index < -0.39 is 23.9 Å². The normalized spacial score (nSPS) is 14.3. The Morgan fingerprint density at radius 2 is 1.81 bits per heavy atom. The van der Waals surface area contributed by atoms with Crippen LogP contribution >= 0.6 is 0 Å². The maximum atomic E-state index is 11.6. The van der Waals surface area contributed by atoms with E-state index in [1.54, 1.807) is 32.9 Å². The molecule has 2 atom stereocenters. The number of rotatable bonds is 5. The highest BCUT2D eigenvalue weighted by atomic mass is 16.6. The molecule has 3 aromatic rings. The molecule has 0 fully saturated rings. The van der Waals surface area contributed by atoms with Crippen LogP contribution in [0.15, 0.2) is 46.9 Å². The number of aliphatic hydroxyl groups is 2. The largest absolute Gasteiger partial charge is 0.456 e. The number of para-hydroxylation sites is 1. The zero-order valence-corrected chi connectivity index (χ0v) is 15.7. The maximum absolute atomic E-state index is 11.6. The fourth-order valence-corrected chi connectivity index (χ4v) is 2.94. The summed E-state index contributed by atoms with van der Waals surface area (Å²) in [7, 11) is 0. The lowest BCUT2D eigenvalue weighted by atomic mass is 10.00. The van der Waals surface area contributed by atoms with E-state index in [1.807, 2.05) is 30.3 Å². The van der Waals surface area contributed by atoms with Gasteiger partial charge in [0.25, 0.3) is 0 Å². The molecule has 6 nitrogen and oxygen atoms in total. The van der Waals surface area contributed by atoms with Crippen molar-refractivity contribution in [3.8, 4) is 0 Å². The first kappa shape index (κ1) is 19.2. The summed E-state index contributed by atoms with van der Waals surface area (Å²) in [6, 6.07) is 13.0. The lowest BCUT2D eigenvalue weighted by Crippen LogP contribution is -2.34. The molecule has 0 saturated heterocycles. The number of fused-ring (bicyclic) bond motifs is 3. The standard InChI is InChI=1S/C21H25NO5/c1-21(2,3)27-20(25)22-11-10-16(23)19(24)13-8-9-18-15(12-13)14-6-4-5-7-17(14)26-18/h4-9,12,16,19,23-24H,10-11H2,1-3H3,(H,22,25). The summed E-state index contributed by atoms with van der Waals surface area (Å²) in [6.45, 7) is 5.53. The number of hydrogen-bond donors (Lipinski definition) is 3. The minimum absolute atomic E-state index is 0.198. The van der Waals surface area contributed by atoms with Crippen molar-refractivity contribution in [1.82, 2.24) is 5.32 Å². The van der Waals surface area contributed by atoms with Crippen LogP contribution in [0.2, 0.25) is 0 Å². The molecule has 0 aliphatic carbocycles. The molecule has 6 heteroatoms. The molecule has 144 valence electrons. The molecule has 0 spiro atoms. The Bertz CT molecular complexity index is 941. The van der Waals surface area contributed by atoms with Crippen molar-refractivity contribution in [3.05, 3.63) is 48.0 Å². The van der Waals surface area contributed by atoms with Crippen molar-refractivity contribution >= 4 is 28.0 Å². The van der Waals surface area contributed by atoms with Gasteiger partial charge in [0.15, 0.2) is 0 Å². The van der Waals surface area contributed by atoms with Crippen LogP contribution in [-0.2, 0) is 4.74 Å². The predicted molar refractivity (Wildman–Crippen MR) is 104 cm³/mol. The molecule has 2 unspecified atom stereocenters. The van der Waals surface area contributed by atoms with Gasteiger partial charge >= 0.3 is 6.09 Å². The summed E-state index contributed by atoms with van der Waals surface area (Å²) >= 11 is 0. The van der Waals surface area contributed by atoms with E-state index in [0.29, 0.717) is 5.56 Å². The van der Waals surface area contributed by atoms with Gasteiger partial charge in [0.05, 0.1) is 6.10 Å². The third-order valence-electron chi connectivity index (χ3n) is 4.22. The molecule has 27 heavy (non-hydrogen) atoms. The van der Waals surface area contributed by atoms with Gasteiger partial charge in [-0.2, -0.15) is 0 Å². The van der Waals surface area contributed by atoms with Gasteiger partial charge in [-0.15, -0.1) is 0 Å². The lowest BCUT2D eigenvalue weighted by molar-refractivity contribution is 0.0124. The van der Waals surface area contributed by atoms with Crippen molar-refractivity contribution in [3.63, 3.8) is 0 Å². The second-order valence-corrected chi connectivity index (χ2v) is 7.58. The van der Waals surface area contributed by atoms with Crippen LogP contribution in [0.3, 0.4) is 0 Å². The number of hydrogen-bond acceptors (Lipinski definition) is 5. The highest BCUT2D eigenvalue weighted by Gasteiger charge is 2.21. The van der Waals surface area contributed by atoms with Crippen LogP contribution in [0.5, 0.6) is 0 Å². The van der Waals surface area contributed by atoms with Crippen LogP contribution in [0.25, 0.3) is 21.9 Å². The molecule has 0 bridgehead atoms. The smallest absolute Gasteiger partial charge is 0.407 e. The minimum atomic E-state index is -1.07. The Hall–Kier alpha value is -2.57. The van der Waals surface area contributed by atoms with Gasteiger partial charge in [0, 0.05) is 17.3 Å². The second kappa shape index (κ2) is 7.58. The average Bonchev–Trinajstić information content (AvgIpc) is 2.97. The molecule has 0 saturated carbocycles. The van der Waals surface area contributed by atoms with Gasteiger partial charge in [-0.05, 0) is 51.0 Å². The van der Waals surface area contributed by atoms with E-state index in [9.17, 15) is 15.0 Å². The SMILES string of the molecule is CC(C)(C)OC(=O)NCCC(O)C(O)c1ccc2oc3ccccc3c2c1. The number of carbonyl (C=O) groups excluding carboxylic acids is 1. The molecule has 0 aliphatic heterocycles. The monoisotopic (exact) mass is 371 g/mol. The average molecular weight is 371 g/mol. The number of amides is 1. The summed E-state index contributed by atoms with van der Waals surface area (Å²) < 4.78 is 10.9. The van der Waals surface area contributed by atoms with Crippen molar-refractivity contribution in [1.29, 1.82) is 0 Å². The zero-order chi connectivity index (χ0) is 19.6. The number of ether oxygens (including phenoxy) is 1. The predicted octanol–water partition coefficient (Wildman–Crippen LogP) is 3.90. The van der Waals surface area contributed by atoms with Crippen molar-refractivity contribution < 1.29 is 24.2 Å². The van der Waals surface area contributed by atoms with Crippen molar-refractivity contribution in [2.45, 2.75) is 45.0 Å². The second-order valence-electron chi connectivity index (χ2n) is 7.58. The molecule has 0 radical (unpaired) electrons. The third-order valence-corrected chi connectivity index (χ3v) is 4.22. The van der Waals surface area contributed by atoms with Gasteiger partial charge < -0.3 is 24.7 Å². The van der Waals surface area contributed by atoms with Crippen LogP contribution in [0.4, 0.5) is 4.79 Å². The topological polar surface area (TPSA) is 91.9 Å². The zero-order valence-electron chi connectivity index (χ0n) is 15.7. The van der Waals surface area contributed by atoms with Crippen LogP contribution in [0.1, 0.15) is 38.9 Å². The van der Waals surface area contributed by atoms with Crippen molar-refractivity contribution in [2.75, 3.05) is 6.54 Å². The maximum Gasteiger partial charge on any atom is 0.407 e. The van der Waals surface area contributed by atoms with Gasteiger partial charge in [-0.25, -0.2) is 4.79 Å². The highest BCUT2D eigenvalue weighted by molar-refractivity contribution is 6.05. The minimum Gasteiger partial charge on any atom is -0.456 e. The van der Waals surface area contributed by atoms with Gasteiger partial charge in [0.1, 0.15) is 22.9 Å². The first-order chi connectivity index (χ1) is 12.7.